The number of aromatic nitrogens is 1. The summed E-state index contributed by atoms with van der Waals surface area (Å²) in [7, 11) is 0. The molecule has 0 atom stereocenters. The lowest BCUT2D eigenvalue weighted by Crippen LogP contribution is -2.25. The largest absolute Gasteiger partial charge is 0.434 e. The second-order valence-electron chi connectivity index (χ2n) is 4.76. The Morgan fingerprint density at radius 1 is 1.17 bits per heavy atom. The number of hydrogen-bond acceptors (Lipinski definition) is 4. The lowest BCUT2D eigenvalue weighted by atomic mass is 10.1. The summed E-state index contributed by atoms with van der Waals surface area (Å²) in [5.41, 5.74) is -0.0298. The summed E-state index contributed by atoms with van der Waals surface area (Å²) in [6, 6.07) is 6.15. The molecule has 2 rings (SSSR count). The van der Waals surface area contributed by atoms with E-state index in [9.17, 15) is 22.8 Å². The van der Waals surface area contributed by atoms with Gasteiger partial charge < -0.3 is 5.32 Å². The Kier molecular flexibility index (Phi) is 5.15. The van der Waals surface area contributed by atoms with Gasteiger partial charge in [-0.15, -0.1) is 11.3 Å². The number of rotatable bonds is 5. The van der Waals surface area contributed by atoms with Crippen molar-refractivity contribution in [3.8, 4) is 0 Å². The Labute approximate surface area is 134 Å². The fourth-order valence-electron chi connectivity index (χ4n) is 1.80. The van der Waals surface area contributed by atoms with Crippen molar-refractivity contribution in [2.75, 3.05) is 6.54 Å². The standard InChI is InChI=1S/C15H13F3N2O2S/c1-9(21)10-2-4-11(5-3-10)14(22)19-7-6-13-20-12(8-23-13)15(16,17)18/h2-5,8H,6-7H2,1H3,(H,19,22). The monoisotopic (exact) mass is 342 g/mol. The van der Waals surface area contributed by atoms with E-state index in [1.807, 2.05) is 0 Å². The maximum absolute atomic E-state index is 12.4. The molecule has 2 aromatic rings. The predicted octanol–water partition coefficient (Wildman–Crippen LogP) is 3.34. The highest BCUT2D eigenvalue weighted by atomic mass is 32.1. The van der Waals surface area contributed by atoms with Crippen molar-refractivity contribution in [3.05, 3.63) is 51.5 Å². The highest BCUT2D eigenvalue weighted by Crippen LogP contribution is 2.29. The van der Waals surface area contributed by atoms with Crippen molar-refractivity contribution in [3.63, 3.8) is 0 Å². The third kappa shape index (κ3) is 4.62. The van der Waals surface area contributed by atoms with Crippen LogP contribution >= 0.6 is 11.3 Å². The van der Waals surface area contributed by atoms with Gasteiger partial charge in [-0.05, 0) is 19.1 Å². The molecule has 1 N–H and O–H groups in total. The Balaban J connectivity index is 1.87. The molecule has 0 unspecified atom stereocenters. The molecule has 0 aliphatic carbocycles. The quantitative estimate of drug-likeness (QED) is 0.848. The topological polar surface area (TPSA) is 59.1 Å². The summed E-state index contributed by atoms with van der Waals surface area (Å²) in [5.74, 6) is -0.450. The van der Waals surface area contributed by atoms with Gasteiger partial charge >= 0.3 is 6.18 Å². The number of carbonyl (C=O) groups excluding carboxylic acids is 2. The predicted molar refractivity (Wildman–Crippen MR) is 79.6 cm³/mol. The van der Waals surface area contributed by atoms with E-state index in [0.717, 1.165) is 16.7 Å². The molecule has 0 fully saturated rings. The van der Waals surface area contributed by atoms with E-state index < -0.39 is 11.9 Å². The number of Topliss-reactive ketones (excluding diaryl/α,β-unsaturated/α-hetero) is 1. The van der Waals surface area contributed by atoms with Crippen LogP contribution in [0.4, 0.5) is 13.2 Å². The van der Waals surface area contributed by atoms with Gasteiger partial charge in [0.15, 0.2) is 11.5 Å². The first-order valence-corrected chi connectivity index (χ1v) is 7.56. The summed E-state index contributed by atoms with van der Waals surface area (Å²) in [6.07, 6.45) is -4.23. The molecule has 1 aromatic carbocycles. The molecular weight excluding hydrogens is 329 g/mol. The van der Waals surface area contributed by atoms with Crippen LogP contribution < -0.4 is 5.32 Å². The van der Waals surface area contributed by atoms with Crippen LogP contribution in [0.1, 0.15) is 38.3 Å². The van der Waals surface area contributed by atoms with Gasteiger partial charge in [0.25, 0.3) is 5.91 Å². The second-order valence-corrected chi connectivity index (χ2v) is 5.71. The van der Waals surface area contributed by atoms with Gasteiger partial charge in [-0.1, -0.05) is 12.1 Å². The van der Waals surface area contributed by atoms with Crippen LogP contribution in [0, 0.1) is 0 Å². The maximum atomic E-state index is 12.4. The van der Waals surface area contributed by atoms with Gasteiger partial charge in [0, 0.05) is 29.5 Å². The molecule has 0 aliphatic heterocycles. The lowest BCUT2D eigenvalue weighted by molar-refractivity contribution is -0.140. The van der Waals surface area contributed by atoms with Gasteiger partial charge in [-0.2, -0.15) is 13.2 Å². The molecule has 23 heavy (non-hydrogen) atoms. The minimum atomic E-state index is -4.45. The number of nitrogens with one attached hydrogen (secondary N) is 1. The number of halogens is 3. The zero-order valence-electron chi connectivity index (χ0n) is 12.1. The van der Waals surface area contributed by atoms with Crippen LogP contribution in [0.5, 0.6) is 0 Å². The van der Waals surface area contributed by atoms with Gasteiger partial charge in [0.2, 0.25) is 0 Å². The summed E-state index contributed by atoms with van der Waals surface area (Å²) in [5, 5.41) is 3.87. The van der Waals surface area contributed by atoms with Crippen LogP contribution in [-0.4, -0.2) is 23.2 Å². The van der Waals surface area contributed by atoms with Crippen molar-refractivity contribution in [2.45, 2.75) is 19.5 Å². The molecule has 0 spiro atoms. The van der Waals surface area contributed by atoms with Gasteiger partial charge in [-0.3, -0.25) is 9.59 Å². The van der Waals surface area contributed by atoms with Crippen LogP contribution in [0.2, 0.25) is 0 Å². The molecule has 1 amide bonds. The Morgan fingerprint density at radius 3 is 2.30 bits per heavy atom. The molecule has 0 bridgehead atoms. The van der Waals surface area contributed by atoms with Crippen LogP contribution in [0.15, 0.2) is 29.6 Å². The van der Waals surface area contributed by atoms with E-state index in [0.29, 0.717) is 16.1 Å². The van der Waals surface area contributed by atoms with Crippen LogP contribution in [0.25, 0.3) is 0 Å². The SMILES string of the molecule is CC(=O)c1ccc(C(=O)NCCc2nc(C(F)(F)F)cs2)cc1. The minimum Gasteiger partial charge on any atom is -0.352 e. The number of nitrogens with zero attached hydrogens (tertiary/aromatic N) is 1. The van der Waals surface area contributed by atoms with Crippen molar-refractivity contribution in [1.82, 2.24) is 10.3 Å². The second kappa shape index (κ2) is 6.91. The smallest absolute Gasteiger partial charge is 0.352 e. The Hall–Kier alpha value is -2.22. The van der Waals surface area contributed by atoms with Crippen molar-refractivity contribution >= 4 is 23.0 Å². The first kappa shape index (κ1) is 17.1. The maximum Gasteiger partial charge on any atom is 0.434 e. The lowest BCUT2D eigenvalue weighted by Gasteiger charge is -2.05. The number of carbonyl (C=O) groups is 2. The first-order valence-electron chi connectivity index (χ1n) is 6.68. The third-order valence-corrected chi connectivity index (χ3v) is 3.93. The number of alkyl halides is 3. The average Bonchev–Trinajstić information content (AvgIpc) is 2.96. The molecule has 122 valence electrons. The van der Waals surface area contributed by atoms with E-state index >= 15 is 0 Å². The van der Waals surface area contributed by atoms with Gasteiger partial charge in [-0.25, -0.2) is 4.98 Å². The Bertz CT molecular complexity index is 708. The third-order valence-electron chi connectivity index (χ3n) is 3.02. The number of thiazole rings is 1. The molecular formula is C15H13F3N2O2S. The highest BCUT2D eigenvalue weighted by Gasteiger charge is 2.33. The molecule has 1 aromatic heterocycles. The number of benzene rings is 1. The van der Waals surface area contributed by atoms with Crippen molar-refractivity contribution in [2.24, 2.45) is 0 Å². The average molecular weight is 342 g/mol. The molecule has 0 radical (unpaired) electrons. The molecule has 4 nitrogen and oxygen atoms in total. The summed E-state index contributed by atoms with van der Waals surface area (Å²) < 4.78 is 37.2. The van der Waals surface area contributed by atoms with E-state index in [1.54, 1.807) is 12.1 Å². The number of amides is 1. The zero-order valence-corrected chi connectivity index (χ0v) is 12.9. The molecule has 0 saturated carbocycles. The van der Waals surface area contributed by atoms with Crippen LogP contribution in [0.3, 0.4) is 0 Å². The van der Waals surface area contributed by atoms with Crippen molar-refractivity contribution in [1.29, 1.82) is 0 Å². The molecule has 0 aliphatic rings. The fraction of sp³-hybridized carbons (Fsp3) is 0.267. The van der Waals surface area contributed by atoms with Gasteiger partial charge in [0.1, 0.15) is 0 Å². The van der Waals surface area contributed by atoms with E-state index in [4.69, 9.17) is 0 Å². The fourth-order valence-corrected chi connectivity index (χ4v) is 2.60. The molecule has 8 heteroatoms. The normalized spacial score (nSPS) is 11.3. The first-order chi connectivity index (χ1) is 10.8. The zero-order chi connectivity index (χ0) is 17.0. The summed E-state index contributed by atoms with van der Waals surface area (Å²) >= 11 is 0.909. The van der Waals surface area contributed by atoms with E-state index in [2.05, 4.69) is 10.3 Å². The van der Waals surface area contributed by atoms with Crippen molar-refractivity contribution < 1.29 is 22.8 Å². The van der Waals surface area contributed by atoms with Gasteiger partial charge in [0.05, 0.1) is 5.01 Å². The number of hydrogen-bond donors (Lipinski definition) is 1. The highest BCUT2D eigenvalue weighted by molar-refractivity contribution is 7.09. The number of ketones is 1. The van der Waals surface area contributed by atoms with E-state index in [1.165, 1.54) is 19.1 Å². The molecule has 0 saturated heterocycles. The summed E-state index contributed by atoms with van der Waals surface area (Å²) in [4.78, 5) is 26.5. The van der Waals surface area contributed by atoms with Crippen LogP contribution in [-0.2, 0) is 12.6 Å². The summed E-state index contributed by atoms with van der Waals surface area (Å²) in [6.45, 7) is 1.61. The Morgan fingerprint density at radius 2 is 1.78 bits per heavy atom. The minimum absolute atomic E-state index is 0.0961. The van der Waals surface area contributed by atoms with E-state index in [-0.39, 0.29) is 24.7 Å². The molecule has 1 heterocycles.